The van der Waals surface area contributed by atoms with Crippen LogP contribution < -0.4 is 5.32 Å². The van der Waals surface area contributed by atoms with Crippen molar-refractivity contribution in [1.82, 2.24) is 24.8 Å². The Hall–Kier alpha value is -1.90. The molecule has 180 valence electrons. The molecule has 1 aliphatic carbocycles. The van der Waals surface area contributed by atoms with Gasteiger partial charge >= 0.3 is 6.09 Å². The summed E-state index contributed by atoms with van der Waals surface area (Å²) in [5.74, 6) is 0.429. The minimum Gasteiger partial charge on any atom is -0.444 e. The lowest BCUT2D eigenvalue weighted by molar-refractivity contribution is -0.0129. The molecule has 0 radical (unpaired) electrons. The fourth-order valence-corrected chi connectivity index (χ4v) is 5.62. The number of fused-ring (bicyclic) bond motifs is 2. The molecule has 9 heteroatoms. The Morgan fingerprint density at radius 1 is 1.30 bits per heavy atom. The summed E-state index contributed by atoms with van der Waals surface area (Å²) in [6.45, 7) is 8.92. The number of amides is 1. The zero-order chi connectivity index (χ0) is 23.2. The van der Waals surface area contributed by atoms with E-state index < -0.39 is 5.60 Å². The summed E-state index contributed by atoms with van der Waals surface area (Å²) in [4.78, 5) is 19.6. The van der Waals surface area contributed by atoms with E-state index in [4.69, 9.17) is 31.2 Å². The minimum atomic E-state index is -0.532. The Morgan fingerprint density at radius 2 is 2.15 bits per heavy atom. The van der Waals surface area contributed by atoms with Crippen LogP contribution in [0.25, 0.3) is 5.65 Å². The van der Waals surface area contributed by atoms with Crippen molar-refractivity contribution >= 4 is 23.3 Å². The molecule has 0 spiro atoms. The number of ether oxygens (including phenoxy) is 2. The summed E-state index contributed by atoms with van der Waals surface area (Å²) in [6, 6.07) is 1.86. The van der Waals surface area contributed by atoms with E-state index >= 15 is 0 Å². The maximum absolute atomic E-state index is 12.9. The smallest absolute Gasteiger partial charge is 0.410 e. The fraction of sp³-hybridized carbons (Fsp3) is 0.708. The zero-order valence-electron chi connectivity index (χ0n) is 19.8. The van der Waals surface area contributed by atoms with E-state index in [0.29, 0.717) is 17.6 Å². The van der Waals surface area contributed by atoms with Crippen molar-refractivity contribution in [2.24, 2.45) is 5.92 Å². The molecule has 1 N–H and O–H groups in total. The third-order valence-electron chi connectivity index (χ3n) is 6.91. The quantitative estimate of drug-likeness (QED) is 0.662. The topological polar surface area (TPSA) is 81.0 Å². The molecule has 33 heavy (non-hydrogen) atoms. The van der Waals surface area contributed by atoms with Crippen LogP contribution in [-0.4, -0.2) is 63.5 Å². The summed E-state index contributed by atoms with van der Waals surface area (Å²) in [7, 11) is 0. The number of piperidine rings is 1. The predicted molar refractivity (Wildman–Crippen MR) is 126 cm³/mol. The van der Waals surface area contributed by atoms with E-state index in [1.54, 1.807) is 4.52 Å². The van der Waals surface area contributed by atoms with Gasteiger partial charge in [-0.25, -0.2) is 14.3 Å². The summed E-state index contributed by atoms with van der Waals surface area (Å²) in [5, 5.41) is 8.91. The van der Waals surface area contributed by atoms with Gasteiger partial charge in [-0.05, 0) is 65.2 Å². The number of hydrogen-bond acceptors (Lipinski definition) is 6. The third kappa shape index (κ3) is 4.70. The number of carbonyl (C=O) groups excluding carboxylic acids is 1. The molecule has 1 amide bonds. The molecule has 3 unspecified atom stereocenters. The molecule has 0 aromatic carbocycles. The van der Waals surface area contributed by atoms with Gasteiger partial charge in [0.15, 0.2) is 5.65 Å². The first-order chi connectivity index (χ1) is 15.8. The standard InChI is InChI=1S/C24H34ClN5O3/c1-24(2,3)33-23(31)29-10-5-4-6-19(29)18-13-21-27-17-8-7-15(20-14-26-9-11-32-20)12-16(17)22(25)30(21)28-18/h13,15,19-20,26H,4-12,14H2,1-3H3. The van der Waals surface area contributed by atoms with Gasteiger partial charge < -0.3 is 14.8 Å². The van der Waals surface area contributed by atoms with Gasteiger partial charge in [-0.1, -0.05) is 11.6 Å². The number of rotatable bonds is 2. The lowest BCUT2D eigenvalue weighted by atomic mass is 9.83. The van der Waals surface area contributed by atoms with Crippen LogP contribution >= 0.6 is 11.6 Å². The van der Waals surface area contributed by atoms with E-state index in [2.05, 4.69) is 5.32 Å². The van der Waals surface area contributed by atoms with Gasteiger partial charge in [0.2, 0.25) is 0 Å². The Bertz CT molecular complexity index is 1030. The zero-order valence-corrected chi connectivity index (χ0v) is 20.5. The summed E-state index contributed by atoms with van der Waals surface area (Å²) in [6.07, 6.45) is 5.60. The lowest BCUT2D eigenvalue weighted by Gasteiger charge is -2.35. The number of nitrogens with zero attached hydrogens (tertiary/aromatic N) is 4. The first-order valence-corrected chi connectivity index (χ1v) is 12.6. The molecule has 3 aliphatic rings. The second-order valence-corrected chi connectivity index (χ2v) is 10.8. The van der Waals surface area contributed by atoms with Crippen molar-refractivity contribution in [2.75, 3.05) is 26.2 Å². The fourth-order valence-electron chi connectivity index (χ4n) is 5.31. The number of aromatic nitrogens is 3. The summed E-state index contributed by atoms with van der Waals surface area (Å²) >= 11 is 6.90. The number of likely N-dealkylation sites (tertiary alicyclic amines) is 1. The second kappa shape index (κ2) is 9.04. The minimum absolute atomic E-state index is 0.127. The van der Waals surface area contributed by atoms with Crippen LogP contribution in [0.2, 0.25) is 5.15 Å². The molecule has 8 nitrogen and oxygen atoms in total. The van der Waals surface area contributed by atoms with Crippen molar-refractivity contribution in [2.45, 2.75) is 77.0 Å². The van der Waals surface area contributed by atoms with Crippen LogP contribution in [0.5, 0.6) is 0 Å². The van der Waals surface area contributed by atoms with Crippen LogP contribution in [-0.2, 0) is 22.3 Å². The molecule has 2 fully saturated rings. The van der Waals surface area contributed by atoms with Gasteiger partial charge in [-0.2, -0.15) is 5.10 Å². The molecule has 0 saturated carbocycles. The van der Waals surface area contributed by atoms with Gasteiger partial charge in [0.1, 0.15) is 10.8 Å². The normalized spacial score (nSPS) is 26.3. The molecule has 4 heterocycles. The van der Waals surface area contributed by atoms with E-state index in [-0.39, 0.29) is 18.2 Å². The third-order valence-corrected chi connectivity index (χ3v) is 7.30. The van der Waals surface area contributed by atoms with Crippen LogP contribution in [0.1, 0.15) is 69.4 Å². The van der Waals surface area contributed by atoms with Crippen molar-refractivity contribution in [1.29, 1.82) is 0 Å². The number of hydrogen-bond donors (Lipinski definition) is 1. The van der Waals surface area contributed by atoms with E-state index in [9.17, 15) is 4.79 Å². The van der Waals surface area contributed by atoms with Crippen molar-refractivity contribution in [3.8, 4) is 0 Å². The van der Waals surface area contributed by atoms with Gasteiger partial charge in [-0.15, -0.1) is 0 Å². The number of aryl methyl sites for hydroxylation is 1. The van der Waals surface area contributed by atoms with Crippen LogP contribution in [0.3, 0.4) is 0 Å². The summed E-state index contributed by atoms with van der Waals surface area (Å²) in [5.41, 5.74) is 3.19. The highest BCUT2D eigenvalue weighted by atomic mass is 35.5. The first-order valence-electron chi connectivity index (χ1n) is 12.2. The molecule has 3 atom stereocenters. The number of morpholine rings is 1. The van der Waals surface area contributed by atoms with E-state index in [0.717, 1.165) is 80.8 Å². The lowest BCUT2D eigenvalue weighted by Crippen LogP contribution is -2.44. The summed E-state index contributed by atoms with van der Waals surface area (Å²) < 4.78 is 13.4. The van der Waals surface area contributed by atoms with Crippen LogP contribution in [0.4, 0.5) is 4.79 Å². The van der Waals surface area contributed by atoms with Crippen LogP contribution in [0, 0.1) is 5.92 Å². The first kappa shape index (κ1) is 22.9. The molecule has 5 rings (SSSR count). The van der Waals surface area contributed by atoms with E-state index in [1.165, 1.54) is 0 Å². The monoisotopic (exact) mass is 475 g/mol. The maximum Gasteiger partial charge on any atom is 0.410 e. The SMILES string of the molecule is CC(C)(C)OC(=O)N1CCCCC1c1cc2nc3c(c(Cl)n2n1)CC(C1CNCCO1)CC3. The number of nitrogens with one attached hydrogen (secondary N) is 1. The highest BCUT2D eigenvalue weighted by molar-refractivity contribution is 6.30. The second-order valence-electron chi connectivity index (χ2n) is 10.5. The van der Waals surface area contributed by atoms with Crippen molar-refractivity contribution in [3.63, 3.8) is 0 Å². The Balaban J connectivity index is 1.42. The van der Waals surface area contributed by atoms with Gasteiger partial charge in [0.05, 0.1) is 24.4 Å². The largest absolute Gasteiger partial charge is 0.444 e. The molecule has 2 aliphatic heterocycles. The average molecular weight is 476 g/mol. The van der Waals surface area contributed by atoms with Gasteiger partial charge in [-0.3, -0.25) is 4.90 Å². The van der Waals surface area contributed by atoms with Crippen molar-refractivity contribution in [3.05, 3.63) is 28.2 Å². The predicted octanol–water partition coefficient (Wildman–Crippen LogP) is 3.94. The highest BCUT2D eigenvalue weighted by Crippen LogP contribution is 2.36. The average Bonchev–Trinajstić information content (AvgIpc) is 3.23. The Kier molecular flexibility index (Phi) is 6.27. The molecule has 0 bridgehead atoms. The Labute approximate surface area is 200 Å². The highest BCUT2D eigenvalue weighted by Gasteiger charge is 2.35. The molecular weight excluding hydrogens is 442 g/mol. The van der Waals surface area contributed by atoms with Gasteiger partial charge in [0.25, 0.3) is 0 Å². The molecular formula is C24H34ClN5O3. The number of carbonyl (C=O) groups is 1. The maximum atomic E-state index is 12.9. The van der Waals surface area contributed by atoms with Gasteiger partial charge in [0, 0.05) is 37.0 Å². The molecule has 2 aromatic heterocycles. The molecule has 2 saturated heterocycles. The Morgan fingerprint density at radius 3 is 2.91 bits per heavy atom. The number of halogens is 1. The molecule has 2 aromatic rings. The van der Waals surface area contributed by atoms with Crippen molar-refractivity contribution < 1.29 is 14.3 Å². The van der Waals surface area contributed by atoms with E-state index in [1.807, 2.05) is 31.7 Å². The van der Waals surface area contributed by atoms with Crippen LogP contribution in [0.15, 0.2) is 6.07 Å².